The minimum atomic E-state index is -0.734. The van der Waals surface area contributed by atoms with Crippen LogP contribution in [0.5, 0.6) is 11.5 Å². The second kappa shape index (κ2) is 11.8. The van der Waals surface area contributed by atoms with Gasteiger partial charge in [0, 0.05) is 11.3 Å². The summed E-state index contributed by atoms with van der Waals surface area (Å²) in [5.74, 6) is 3.36. The highest BCUT2D eigenvalue weighted by molar-refractivity contribution is 7.07. The zero-order valence-electron chi connectivity index (χ0n) is 23.5. The molecule has 0 spiro atoms. The summed E-state index contributed by atoms with van der Waals surface area (Å²) in [5, 5.41) is 4.90. The molecule has 4 aromatic carbocycles. The lowest BCUT2D eigenvalue weighted by Crippen LogP contribution is -2.40. The highest BCUT2D eigenvalue weighted by Crippen LogP contribution is 2.33. The number of nitrogens with zero attached hydrogens (tertiary/aromatic N) is 2. The smallest absolute Gasteiger partial charge is 0.271 e. The topological polar surface area (TPSA) is 81.9 Å². The first-order chi connectivity index (χ1) is 21.0. The number of terminal acetylenes is 1. The van der Waals surface area contributed by atoms with Gasteiger partial charge in [-0.2, -0.15) is 0 Å². The molecule has 1 aliphatic rings. The molecule has 1 aliphatic heterocycles. The summed E-state index contributed by atoms with van der Waals surface area (Å²) in [6.07, 6.45) is 7.30. The van der Waals surface area contributed by atoms with Crippen LogP contribution < -0.4 is 29.7 Å². The number of para-hydroxylation sites is 1. The van der Waals surface area contributed by atoms with Crippen molar-refractivity contribution < 1.29 is 14.3 Å². The maximum absolute atomic E-state index is 14.3. The summed E-state index contributed by atoms with van der Waals surface area (Å²) in [4.78, 5) is 33.3. The predicted molar refractivity (Wildman–Crippen MR) is 170 cm³/mol. The lowest BCUT2D eigenvalue weighted by atomic mass is 9.95. The molecule has 212 valence electrons. The van der Waals surface area contributed by atoms with Crippen molar-refractivity contribution in [3.05, 3.63) is 133 Å². The molecule has 2 heterocycles. The minimum absolute atomic E-state index is 0.0926. The molecule has 0 radical (unpaired) electrons. The Morgan fingerprint density at radius 3 is 2.65 bits per heavy atom. The third-order valence-electron chi connectivity index (χ3n) is 7.22. The third-order valence-corrected chi connectivity index (χ3v) is 8.21. The predicted octanol–water partition coefficient (Wildman–Crippen LogP) is 5.05. The van der Waals surface area contributed by atoms with E-state index in [1.165, 1.54) is 11.3 Å². The summed E-state index contributed by atoms with van der Waals surface area (Å²) in [6, 6.07) is 27.6. The Balaban J connectivity index is 1.56. The summed E-state index contributed by atoms with van der Waals surface area (Å²) in [7, 11) is 1.58. The van der Waals surface area contributed by atoms with E-state index < -0.39 is 6.04 Å². The van der Waals surface area contributed by atoms with Crippen molar-refractivity contribution >= 4 is 39.8 Å². The van der Waals surface area contributed by atoms with Crippen LogP contribution in [-0.4, -0.2) is 24.2 Å². The van der Waals surface area contributed by atoms with Gasteiger partial charge in [-0.1, -0.05) is 77.9 Å². The molecule has 0 saturated carbocycles. The molecule has 0 unspecified atom stereocenters. The van der Waals surface area contributed by atoms with Gasteiger partial charge >= 0.3 is 0 Å². The van der Waals surface area contributed by atoms with E-state index in [2.05, 4.69) is 11.2 Å². The van der Waals surface area contributed by atoms with Crippen molar-refractivity contribution in [1.29, 1.82) is 0 Å². The first kappa shape index (κ1) is 27.8. The molecule has 0 bridgehead atoms. The Morgan fingerprint density at radius 2 is 1.86 bits per heavy atom. The van der Waals surface area contributed by atoms with Gasteiger partial charge < -0.3 is 14.8 Å². The van der Waals surface area contributed by atoms with E-state index in [0.717, 1.165) is 21.9 Å². The van der Waals surface area contributed by atoms with E-state index in [4.69, 9.17) is 20.9 Å². The number of hydrogen-bond acceptors (Lipinski definition) is 6. The van der Waals surface area contributed by atoms with E-state index in [1.807, 2.05) is 97.1 Å². The van der Waals surface area contributed by atoms with Crippen molar-refractivity contribution in [2.75, 3.05) is 19.0 Å². The summed E-state index contributed by atoms with van der Waals surface area (Å²) in [5.41, 5.74) is 2.74. The monoisotopic (exact) mass is 585 g/mol. The summed E-state index contributed by atoms with van der Waals surface area (Å²) in [6.45, 7) is 1.88. The van der Waals surface area contributed by atoms with Crippen LogP contribution in [0.25, 0.3) is 16.8 Å². The van der Waals surface area contributed by atoms with Crippen LogP contribution in [0.15, 0.2) is 112 Å². The van der Waals surface area contributed by atoms with Crippen molar-refractivity contribution in [3.63, 3.8) is 0 Å². The molecular weight excluding hydrogens is 558 g/mol. The van der Waals surface area contributed by atoms with Crippen molar-refractivity contribution in [3.8, 4) is 23.8 Å². The number of ether oxygens (including phenoxy) is 2. The van der Waals surface area contributed by atoms with Crippen molar-refractivity contribution in [2.45, 2.75) is 13.0 Å². The first-order valence-corrected chi connectivity index (χ1v) is 14.4. The minimum Gasteiger partial charge on any atom is -0.497 e. The summed E-state index contributed by atoms with van der Waals surface area (Å²) >= 11 is 1.26. The Labute approximate surface area is 252 Å². The van der Waals surface area contributed by atoms with Gasteiger partial charge in [0.1, 0.15) is 18.1 Å². The zero-order valence-corrected chi connectivity index (χ0v) is 24.4. The van der Waals surface area contributed by atoms with E-state index in [1.54, 1.807) is 18.6 Å². The fraction of sp³-hybridized carbons (Fsp3) is 0.114. The van der Waals surface area contributed by atoms with Gasteiger partial charge in [0.25, 0.3) is 11.5 Å². The number of aromatic nitrogens is 1. The fourth-order valence-electron chi connectivity index (χ4n) is 5.26. The van der Waals surface area contributed by atoms with Gasteiger partial charge in [-0.25, -0.2) is 4.99 Å². The van der Waals surface area contributed by atoms with E-state index >= 15 is 0 Å². The van der Waals surface area contributed by atoms with Gasteiger partial charge in [-0.15, -0.1) is 6.42 Å². The van der Waals surface area contributed by atoms with Gasteiger partial charge in [0.15, 0.2) is 4.80 Å². The molecule has 6 rings (SSSR count). The molecule has 0 aliphatic carbocycles. The number of amides is 1. The van der Waals surface area contributed by atoms with Crippen molar-refractivity contribution in [2.24, 2.45) is 4.99 Å². The number of allylic oxidation sites excluding steroid dienone is 1. The average molecular weight is 586 g/mol. The van der Waals surface area contributed by atoms with E-state index in [9.17, 15) is 9.59 Å². The van der Waals surface area contributed by atoms with Crippen LogP contribution in [-0.2, 0) is 4.79 Å². The van der Waals surface area contributed by atoms with Gasteiger partial charge in [0.2, 0.25) is 0 Å². The standard InChI is InChI=1S/C35H27N3O4S/c1-4-19-42-29-18-17-23-11-8-9-16-27(23)28(29)21-30-34(40)38-32(24-12-10-15-26(20-24)41-3)31(22(2)36-35(38)43-30)33(39)37-25-13-6-5-7-14-25/h1,5-18,20-21,32H,19H2,2-3H3,(H,37,39)/b30-21-/t32-/m0/s1. The molecule has 5 aromatic rings. The molecule has 7 nitrogen and oxygen atoms in total. The number of methoxy groups -OCH3 is 1. The number of benzene rings is 4. The highest BCUT2D eigenvalue weighted by Gasteiger charge is 2.33. The molecule has 1 amide bonds. The molecular formula is C35H27N3O4S. The van der Waals surface area contributed by atoms with Gasteiger partial charge in [0.05, 0.1) is 29.0 Å². The quantitative estimate of drug-likeness (QED) is 0.271. The average Bonchev–Trinajstić information content (AvgIpc) is 3.34. The number of rotatable bonds is 7. The number of hydrogen-bond donors (Lipinski definition) is 1. The van der Waals surface area contributed by atoms with Crippen LogP contribution in [0.4, 0.5) is 5.69 Å². The summed E-state index contributed by atoms with van der Waals surface area (Å²) < 4.78 is 13.4. The van der Waals surface area contributed by atoms with Crippen LogP contribution in [0.3, 0.4) is 0 Å². The largest absolute Gasteiger partial charge is 0.497 e. The molecule has 1 atom stereocenters. The fourth-order valence-corrected chi connectivity index (χ4v) is 6.29. The lowest BCUT2D eigenvalue weighted by Gasteiger charge is -2.25. The number of carbonyl (C=O) groups excluding carboxylic acids is 1. The van der Waals surface area contributed by atoms with Crippen LogP contribution >= 0.6 is 11.3 Å². The highest BCUT2D eigenvalue weighted by atomic mass is 32.1. The lowest BCUT2D eigenvalue weighted by molar-refractivity contribution is -0.113. The number of anilines is 1. The van der Waals surface area contributed by atoms with Crippen molar-refractivity contribution in [1.82, 2.24) is 4.57 Å². The first-order valence-electron chi connectivity index (χ1n) is 13.6. The Bertz CT molecular complexity index is 2120. The van der Waals surface area contributed by atoms with Crippen LogP contribution in [0.2, 0.25) is 0 Å². The Hall–Kier alpha value is -5.39. The van der Waals surface area contributed by atoms with Gasteiger partial charge in [-0.3, -0.25) is 14.2 Å². The molecule has 0 saturated heterocycles. The number of thiazole rings is 1. The normalized spacial score (nSPS) is 14.5. The number of carbonyl (C=O) groups is 1. The second-order valence-electron chi connectivity index (χ2n) is 9.87. The second-order valence-corrected chi connectivity index (χ2v) is 10.9. The zero-order chi connectivity index (χ0) is 29.9. The van der Waals surface area contributed by atoms with E-state index in [0.29, 0.717) is 37.8 Å². The SMILES string of the molecule is C#CCOc1ccc2ccccc2c1/C=c1\sc2n(c1=O)[C@@H](c1cccc(OC)c1)C(C(=O)Nc1ccccc1)=C(C)N=2. The van der Waals surface area contributed by atoms with E-state index in [-0.39, 0.29) is 18.1 Å². The molecule has 43 heavy (non-hydrogen) atoms. The van der Waals surface area contributed by atoms with Crippen LogP contribution in [0.1, 0.15) is 24.1 Å². The molecule has 8 heteroatoms. The maximum Gasteiger partial charge on any atom is 0.271 e. The van der Waals surface area contributed by atoms with Gasteiger partial charge in [-0.05, 0) is 59.7 Å². The Morgan fingerprint density at radius 1 is 1.07 bits per heavy atom. The number of fused-ring (bicyclic) bond motifs is 2. The van der Waals surface area contributed by atoms with Crippen LogP contribution in [0, 0.1) is 12.3 Å². The third kappa shape index (κ3) is 5.34. The molecule has 1 aromatic heterocycles. The number of nitrogens with one attached hydrogen (secondary N) is 1. The Kier molecular flexibility index (Phi) is 7.65. The molecule has 1 N–H and O–H groups in total. The molecule has 0 fully saturated rings. The maximum atomic E-state index is 14.3.